The van der Waals surface area contributed by atoms with Gasteiger partial charge in [-0.25, -0.2) is 0 Å². The Labute approximate surface area is 42.6 Å². The third-order valence-corrected chi connectivity index (χ3v) is 1.11. The molecule has 0 bridgehead atoms. The number of allylic oxidation sites excluding steroid dienone is 1. The summed E-state index contributed by atoms with van der Waals surface area (Å²) in [4.78, 5) is 0. The Balaban J connectivity index is 2.26. The second-order valence-electron chi connectivity index (χ2n) is 0.973. The monoisotopic (exact) mass is 96.0 g/mol. The summed E-state index contributed by atoms with van der Waals surface area (Å²) in [5, 5.41) is 2.01. The maximum absolute atomic E-state index is 2.91. The third kappa shape index (κ3) is 1.05. The fourth-order valence-electron chi connectivity index (χ4n) is 0.273. The lowest BCUT2D eigenvalue weighted by atomic mass is 10.3. The van der Waals surface area contributed by atoms with Gasteiger partial charge in [0.1, 0.15) is 0 Å². The third-order valence-electron chi connectivity index (χ3n) is 0.515. The van der Waals surface area contributed by atoms with E-state index in [-0.39, 0.29) is 0 Å². The number of hydrogen-bond acceptors (Lipinski definition) is 1. The first-order valence-electron chi connectivity index (χ1n) is 1.78. The van der Waals surface area contributed by atoms with E-state index in [0.29, 0.717) is 0 Å². The van der Waals surface area contributed by atoms with E-state index in [0.717, 1.165) is 6.42 Å². The first-order valence-corrected chi connectivity index (χ1v) is 2.66. The first-order chi connectivity index (χ1) is 3.00. The molecule has 1 aliphatic rings. The van der Waals surface area contributed by atoms with Gasteiger partial charge in [-0.15, -0.1) is 11.8 Å². The molecule has 0 fully saturated rings. The zero-order chi connectivity index (χ0) is 4.24. The SMILES string of the molecule is [C]1[C]SC=CC1. The quantitative estimate of drug-likeness (QED) is 0.442. The molecule has 0 N–H and O–H groups in total. The summed E-state index contributed by atoms with van der Waals surface area (Å²) in [5.41, 5.74) is 0. The standard InChI is InChI=1S/C5H4S/c1-2-4-6-5-3-1/h2,4H,1H2. The van der Waals surface area contributed by atoms with Crippen LogP contribution in [0.2, 0.25) is 0 Å². The van der Waals surface area contributed by atoms with Gasteiger partial charge in [0.15, 0.2) is 0 Å². The van der Waals surface area contributed by atoms with Gasteiger partial charge in [0, 0.05) is 6.42 Å². The zero-order valence-corrected chi connectivity index (χ0v) is 4.09. The molecule has 1 heterocycles. The highest BCUT2D eigenvalue weighted by molar-refractivity contribution is 8.04. The predicted molar refractivity (Wildman–Crippen MR) is 27.8 cm³/mol. The molecule has 1 rings (SSSR count). The highest BCUT2D eigenvalue weighted by Gasteiger charge is 1.90. The molecule has 0 saturated heterocycles. The van der Waals surface area contributed by atoms with Crippen LogP contribution in [0.3, 0.4) is 0 Å². The average molecular weight is 96.2 g/mol. The van der Waals surface area contributed by atoms with Crippen molar-refractivity contribution in [3.05, 3.63) is 23.7 Å². The van der Waals surface area contributed by atoms with Crippen LogP contribution in [0.1, 0.15) is 6.42 Å². The molecule has 0 saturated carbocycles. The summed E-state index contributed by atoms with van der Waals surface area (Å²) in [6.07, 6.45) is 5.91. The van der Waals surface area contributed by atoms with E-state index in [1.165, 1.54) is 0 Å². The molecule has 0 nitrogen and oxygen atoms in total. The van der Waals surface area contributed by atoms with E-state index in [1.54, 1.807) is 11.8 Å². The smallest absolute Gasteiger partial charge is 0.0612 e. The Morgan fingerprint density at radius 3 is 2.83 bits per heavy atom. The van der Waals surface area contributed by atoms with E-state index in [1.807, 2.05) is 5.41 Å². The van der Waals surface area contributed by atoms with Gasteiger partial charge in [0.2, 0.25) is 0 Å². The second kappa shape index (κ2) is 2.30. The van der Waals surface area contributed by atoms with E-state index in [2.05, 4.69) is 18.2 Å². The van der Waals surface area contributed by atoms with Gasteiger partial charge < -0.3 is 0 Å². The van der Waals surface area contributed by atoms with Gasteiger partial charge in [0.05, 0.1) is 5.75 Å². The predicted octanol–water partition coefficient (Wildman–Crippen LogP) is 1.76. The molecule has 30 valence electrons. The number of hydrogen-bond donors (Lipinski definition) is 0. The van der Waals surface area contributed by atoms with E-state index in [4.69, 9.17) is 0 Å². The van der Waals surface area contributed by atoms with Crippen molar-refractivity contribution in [2.45, 2.75) is 6.42 Å². The highest BCUT2D eigenvalue weighted by Crippen LogP contribution is 2.16. The van der Waals surface area contributed by atoms with Crippen molar-refractivity contribution in [3.8, 4) is 0 Å². The van der Waals surface area contributed by atoms with Gasteiger partial charge in [-0.3, -0.25) is 0 Å². The molecule has 0 aromatic heterocycles. The van der Waals surface area contributed by atoms with E-state index < -0.39 is 0 Å². The molecule has 4 radical (unpaired) electrons. The van der Waals surface area contributed by atoms with Crippen LogP contribution in [0.4, 0.5) is 0 Å². The summed E-state index contributed by atoms with van der Waals surface area (Å²) in [7, 11) is 0. The maximum atomic E-state index is 2.91. The van der Waals surface area contributed by atoms with Crippen LogP contribution < -0.4 is 0 Å². The minimum Gasteiger partial charge on any atom is -0.124 e. The normalized spacial score (nSPS) is 21.3. The maximum Gasteiger partial charge on any atom is 0.0612 e. The van der Waals surface area contributed by atoms with Crippen LogP contribution in [0.5, 0.6) is 0 Å². The van der Waals surface area contributed by atoms with Crippen molar-refractivity contribution in [1.82, 2.24) is 0 Å². The summed E-state index contributed by atoms with van der Waals surface area (Å²) < 4.78 is 0. The van der Waals surface area contributed by atoms with Crippen LogP contribution in [-0.4, -0.2) is 0 Å². The summed E-state index contributed by atoms with van der Waals surface area (Å²) in [5.74, 6) is 2.86. The molecular weight excluding hydrogens is 92.1 g/mol. The second-order valence-corrected chi connectivity index (χ2v) is 1.68. The summed E-state index contributed by atoms with van der Waals surface area (Å²) in [6, 6.07) is 0. The number of rotatable bonds is 0. The molecule has 1 heteroatoms. The molecule has 0 spiro atoms. The molecule has 0 aromatic carbocycles. The van der Waals surface area contributed by atoms with Gasteiger partial charge >= 0.3 is 0 Å². The van der Waals surface area contributed by atoms with Crippen molar-refractivity contribution >= 4 is 11.8 Å². The van der Waals surface area contributed by atoms with Crippen molar-refractivity contribution in [2.75, 3.05) is 0 Å². The van der Waals surface area contributed by atoms with Crippen molar-refractivity contribution in [3.63, 3.8) is 0 Å². The molecule has 0 atom stereocenters. The molecule has 6 heavy (non-hydrogen) atoms. The Morgan fingerprint density at radius 1 is 1.67 bits per heavy atom. The van der Waals surface area contributed by atoms with Crippen LogP contribution in [0.25, 0.3) is 0 Å². The Bertz CT molecular complexity index is 49.0. The summed E-state index contributed by atoms with van der Waals surface area (Å²) >= 11 is 1.55. The van der Waals surface area contributed by atoms with Gasteiger partial charge in [0.25, 0.3) is 0 Å². The zero-order valence-electron chi connectivity index (χ0n) is 3.27. The first kappa shape index (κ1) is 4.25. The Morgan fingerprint density at radius 2 is 2.67 bits per heavy atom. The van der Waals surface area contributed by atoms with Crippen molar-refractivity contribution < 1.29 is 0 Å². The molecule has 0 aromatic rings. The molecule has 0 aliphatic carbocycles. The van der Waals surface area contributed by atoms with E-state index >= 15 is 0 Å². The van der Waals surface area contributed by atoms with Crippen LogP contribution in [-0.2, 0) is 0 Å². The largest absolute Gasteiger partial charge is 0.124 e. The van der Waals surface area contributed by atoms with Crippen molar-refractivity contribution in [1.29, 1.82) is 0 Å². The van der Waals surface area contributed by atoms with Crippen molar-refractivity contribution in [2.24, 2.45) is 0 Å². The molecule has 0 unspecified atom stereocenters. The lowest BCUT2D eigenvalue weighted by molar-refractivity contribution is 1.27. The van der Waals surface area contributed by atoms with E-state index in [9.17, 15) is 0 Å². The Hall–Kier alpha value is 0.0900. The fraction of sp³-hybridized carbons (Fsp3) is 0.200. The minimum absolute atomic E-state index is 0.938. The average Bonchev–Trinajstić information content (AvgIpc) is 1.72. The molecular formula is C5H4S. The highest BCUT2D eigenvalue weighted by atomic mass is 32.2. The topological polar surface area (TPSA) is 0 Å². The molecule has 1 aliphatic heterocycles. The van der Waals surface area contributed by atoms with Crippen LogP contribution in [0, 0.1) is 12.2 Å². The lowest BCUT2D eigenvalue weighted by Crippen LogP contribution is -1.73. The van der Waals surface area contributed by atoms with Gasteiger partial charge in [-0.05, 0) is 11.8 Å². The molecule has 0 amide bonds. The van der Waals surface area contributed by atoms with Gasteiger partial charge in [-0.1, -0.05) is 6.08 Å². The Kier molecular flexibility index (Phi) is 1.63. The van der Waals surface area contributed by atoms with Gasteiger partial charge in [-0.2, -0.15) is 0 Å². The lowest BCUT2D eigenvalue weighted by Gasteiger charge is -1.94. The minimum atomic E-state index is 0.938. The summed E-state index contributed by atoms with van der Waals surface area (Å²) in [6.45, 7) is 0. The van der Waals surface area contributed by atoms with Crippen LogP contribution in [0.15, 0.2) is 11.5 Å². The number of thioether (sulfide) groups is 1. The fourth-order valence-corrected chi connectivity index (χ4v) is 0.700. The van der Waals surface area contributed by atoms with Crippen LogP contribution >= 0.6 is 11.8 Å².